The average molecular weight is 593 g/mol. The first-order chi connectivity index (χ1) is 20.8. The second kappa shape index (κ2) is 11.5. The highest BCUT2D eigenvalue weighted by atomic mass is 16.6. The monoisotopic (exact) mass is 592 g/mol. The van der Waals surface area contributed by atoms with Crippen LogP contribution in [-0.2, 0) is 35.3 Å². The third-order valence-corrected chi connectivity index (χ3v) is 8.86. The minimum atomic E-state index is -1.48. The molecule has 7 atom stereocenters. The largest absolute Gasteiger partial charge is 0.460 e. The molecule has 4 aliphatic heterocycles. The minimum absolute atomic E-state index is 0.0756. The molecule has 3 amide bonds. The molecule has 6 rings (SSSR count). The summed E-state index contributed by atoms with van der Waals surface area (Å²) in [6.07, 6.45) is 6.53. The second-order valence-electron chi connectivity index (χ2n) is 11.5. The van der Waals surface area contributed by atoms with E-state index in [4.69, 9.17) is 9.47 Å². The molecular formula is C30H36N6O7. The summed E-state index contributed by atoms with van der Waals surface area (Å²) in [5, 5.41) is 21.5. The van der Waals surface area contributed by atoms with Crippen LogP contribution < -0.4 is 5.32 Å². The van der Waals surface area contributed by atoms with Gasteiger partial charge in [0.25, 0.3) is 5.91 Å². The lowest BCUT2D eigenvalue weighted by atomic mass is 9.78. The van der Waals surface area contributed by atoms with Gasteiger partial charge in [-0.05, 0) is 31.9 Å². The number of esters is 1. The first-order valence-electron chi connectivity index (χ1n) is 14.8. The van der Waals surface area contributed by atoms with E-state index in [0.717, 1.165) is 5.52 Å². The number of para-hydroxylation sites is 1. The molecule has 0 aliphatic carbocycles. The van der Waals surface area contributed by atoms with Crippen LogP contribution in [-0.4, -0.2) is 103 Å². The van der Waals surface area contributed by atoms with Gasteiger partial charge in [0, 0.05) is 13.0 Å². The van der Waals surface area contributed by atoms with Crippen LogP contribution in [0.1, 0.15) is 33.1 Å². The molecular weight excluding hydrogens is 556 g/mol. The zero-order chi connectivity index (χ0) is 30.3. The molecule has 2 saturated heterocycles. The Labute approximate surface area is 248 Å². The van der Waals surface area contributed by atoms with Crippen molar-refractivity contribution >= 4 is 34.7 Å². The Bertz CT molecular complexity index is 1480. The van der Waals surface area contributed by atoms with E-state index in [1.807, 2.05) is 31.2 Å². The normalized spacial score (nSPS) is 32.7. The summed E-state index contributed by atoms with van der Waals surface area (Å²) in [7, 11) is 0. The van der Waals surface area contributed by atoms with Crippen molar-refractivity contribution in [3.63, 3.8) is 0 Å². The lowest BCUT2D eigenvalue weighted by molar-refractivity contribution is -0.160. The molecule has 13 heteroatoms. The zero-order valence-corrected chi connectivity index (χ0v) is 24.2. The van der Waals surface area contributed by atoms with Crippen molar-refractivity contribution in [1.29, 1.82) is 0 Å². The molecule has 0 saturated carbocycles. The summed E-state index contributed by atoms with van der Waals surface area (Å²) in [6.45, 7) is 3.56. The number of nitrogens with one attached hydrogen (secondary N) is 1. The number of hydrogen-bond donors (Lipinski definition) is 2. The number of aliphatic hydroxyl groups excluding tert-OH is 1. The summed E-state index contributed by atoms with van der Waals surface area (Å²) >= 11 is 0. The third kappa shape index (κ3) is 4.89. The number of benzene rings is 1. The standard InChI is InChI=1S/C30H36N6O7/c1-3-19(16-37)36-26-28(40)34(17-35-21-10-5-4-9-20(21)32-33-35)14-8-13-30(26)25(27(36)39)24-22(43-30)11-6-7-12-23(38)31-15-18(2)42-29(24)41/h4-6,8-11,13,18-19,22,24-26,37H,3,7,12,14-17H2,1-2H3,(H,31,38)/b11-6-/t18-,19-,22-,24+,25+,26-,30+/m0/s1. The van der Waals surface area contributed by atoms with Crippen molar-refractivity contribution < 1.29 is 33.8 Å². The first-order valence-corrected chi connectivity index (χ1v) is 14.8. The summed E-state index contributed by atoms with van der Waals surface area (Å²) in [5.41, 5.74) is -0.0422. The number of aliphatic hydroxyl groups is 1. The number of carbonyl (C=O) groups is 4. The van der Waals surface area contributed by atoms with E-state index in [0.29, 0.717) is 18.4 Å². The number of aromatic nitrogens is 3. The van der Waals surface area contributed by atoms with Crippen LogP contribution in [0.5, 0.6) is 0 Å². The van der Waals surface area contributed by atoms with Crippen LogP contribution in [0.15, 0.2) is 48.6 Å². The lowest BCUT2D eigenvalue weighted by Gasteiger charge is -2.38. The molecule has 0 unspecified atom stereocenters. The van der Waals surface area contributed by atoms with E-state index in [1.54, 1.807) is 40.8 Å². The molecule has 2 N–H and O–H groups in total. The molecule has 1 aromatic carbocycles. The van der Waals surface area contributed by atoms with Crippen LogP contribution >= 0.6 is 0 Å². The fourth-order valence-corrected chi connectivity index (χ4v) is 6.77. The summed E-state index contributed by atoms with van der Waals surface area (Å²) in [6, 6.07) is 5.61. The van der Waals surface area contributed by atoms with Gasteiger partial charge >= 0.3 is 5.97 Å². The zero-order valence-electron chi connectivity index (χ0n) is 24.2. The maximum Gasteiger partial charge on any atom is 0.313 e. The van der Waals surface area contributed by atoms with Gasteiger partial charge < -0.3 is 29.7 Å². The maximum atomic E-state index is 14.5. The van der Waals surface area contributed by atoms with Crippen LogP contribution in [0.2, 0.25) is 0 Å². The van der Waals surface area contributed by atoms with Crippen LogP contribution in [0.4, 0.5) is 0 Å². The van der Waals surface area contributed by atoms with Gasteiger partial charge in [0.15, 0.2) is 0 Å². The predicted molar refractivity (Wildman–Crippen MR) is 152 cm³/mol. The first kappa shape index (κ1) is 29.0. The number of carbonyl (C=O) groups excluding carboxylic acids is 4. The lowest BCUT2D eigenvalue weighted by Crippen LogP contribution is -2.58. The van der Waals surface area contributed by atoms with Gasteiger partial charge in [0.05, 0.1) is 36.7 Å². The van der Waals surface area contributed by atoms with Gasteiger partial charge in [-0.15, -0.1) is 5.10 Å². The maximum absolute atomic E-state index is 14.5. The van der Waals surface area contributed by atoms with Gasteiger partial charge in [0.2, 0.25) is 11.8 Å². The van der Waals surface area contributed by atoms with E-state index in [2.05, 4.69) is 15.6 Å². The molecule has 1 spiro atoms. The second-order valence-corrected chi connectivity index (χ2v) is 11.5. The number of fused-ring (bicyclic) bond motifs is 3. The number of hydrogen-bond acceptors (Lipinski definition) is 9. The molecule has 228 valence electrons. The van der Waals surface area contributed by atoms with Gasteiger partial charge in [-0.25, -0.2) is 4.68 Å². The Morgan fingerprint density at radius 1 is 1.16 bits per heavy atom. The summed E-state index contributed by atoms with van der Waals surface area (Å²) in [4.78, 5) is 57.8. The Balaban J connectivity index is 1.41. The number of likely N-dealkylation sites (tertiary alicyclic amines) is 1. The number of nitrogens with zero attached hydrogens (tertiary/aromatic N) is 5. The number of amides is 3. The molecule has 0 radical (unpaired) electrons. The molecule has 2 fully saturated rings. The predicted octanol–water partition coefficient (Wildman–Crippen LogP) is 0.537. The smallest absolute Gasteiger partial charge is 0.313 e. The minimum Gasteiger partial charge on any atom is -0.460 e. The van der Waals surface area contributed by atoms with Gasteiger partial charge in [-0.3, -0.25) is 19.2 Å². The van der Waals surface area contributed by atoms with Gasteiger partial charge in [-0.2, -0.15) is 0 Å². The molecule has 0 bridgehead atoms. The van der Waals surface area contributed by atoms with Crippen LogP contribution in [0, 0.1) is 11.8 Å². The highest BCUT2D eigenvalue weighted by Crippen LogP contribution is 2.53. The van der Waals surface area contributed by atoms with E-state index in [1.165, 1.54) is 4.90 Å². The molecule has 2 aromatic rings. The Kier molecular flexibility index (Phi) is 7.77. The van der Waals surface area contributed by atoms with Crippen molar-refractivity contribution in [3.05, 3.63) is 48.6 Å². The van der Waals surface area contributed by atoms with Gasteiger partial charge in [0.1, 0.15) is 35.9 Å². The number of allylic oxidation sites excluding steroid dienone is 1. The van der Waals surface area contributed by atoms with Crippen molar-refractivity contribution in [2.45, 2.75) is 69.7 Å². The topological polar surface area (TPSA) is 156 Å². The van der Waals surface area contributed by atoms with E-state index in [9.17, 15) is 24.3 Å². The van der Waals surface area contributed by atoms with Crippen molar-refractivity contribution in [2.75, 3.05) is 19.7 Å². The van der Waals surface area contributed by atoms with E-state index in [-0.39, 0.29) is 44.6 Å². The van der Waals surface area contributed by atoms with Crippen LogP contribution in [0.3, 0.4) is 0 Å². The fourth-order valence-electron chi connectivity index (χ4n) is 6.77. The highest BCUT2D eigenvalue weighted by molar-refractivity contribution is 5.99. The third-order valence-electron chi connectivity index (χ3n) is 8.86. The summed E-state index contributed by atoms with van der Waals surface area (Å²) < 4.78 is 14.0. The molecule has 5 heterocycles. The van der Waals surface area contributed by atoms with Crippen LogP contribution in [0.25, 0.3) is 11.0 Å². The quantitative estimate of drug-likeness (QED) is 0.374. The summed E-state index contributed by atoms with van der Waals surface area (Å²) in [5.74, 6) is -3.72. The molecule has 43 heavy (non-hydrogen) atoms. The number of rotatable bonds is 5. The number of ether oxygens (including phenoxy) is 2. The van der Waals surface area contributed by atoms with Crippen molar-refractivity contribution in [2.24, 2.45) is 11.8 Å². The molecule has 4 aliphatic rings. The van der Waals surface area contributed by atoms with Gasteiger partial charge in [-0.1, -0.05) is 48.6 Å². The Morgan fingerprint density at radius 2 is 1.98 bits per heavy atom. The fraction of sp³-hybridized carbons (Fsp3) is 0.533. The molecule has 13 nitrogen and oxygen atoms in total. The SMILES string of the molecule is CC[C@@H](CO)N1C(=O)[C@H]2[C@@H]3C(=O)O[C@@H](C)CNC(=O)CC/C=C\[C@@H]3O[C@]23C=CCN(Cn2nnc4ccccc42)C(=O)[C@H]13. The Morgan fingerprint density at radius 3 is 2.77 bits per heavy atom. The highest BCUT2D eigenvalue weighted by Gasteiger charge is 2.72. The van der Waals surface area contributed by atoms with Crippen molar-refractivity contribution in [1.82, 2.24) is 30.1 Å². The average Bonchev–Trinajstić information content (AvgIpc) is 3.59. The number of cyclic esters (lactones) is 1. The Hall–Kier alpha value is -4.10. The molecule has 1 aromatic heterocycles. The van der Waals surface area contributed by atoms with Crippen molar-refractivity contribution in [3.8, 4) is 0 Å². The van der Waals surface area contributed by atoms with E-state index >= 15 is 0 Å². The van der Waals surface area contributed by atoms with E-state index < -0.39 is 53.6 Å².